The van der Waals surface area contributed by atoms with Gasteiger partial charge in [-0.15, -0.1) is 0 Å². The van der Waals surface area contributed by atoms with Gasteiger partial charge in [0, 0.05) is 20.9 Å². The average molecular weight is 427 g/mol. The molecular weight excluding hydrogens is 414 g/mol. The van der Waals surface area contributed by atoms with E-state index in [1.165, 1.54) is 0 Å². The second-order valence-electron chi connectivity index (χ2n) is 4.71. The number of carboxylic acid groups (broad SMARTS) is 1. The van der Waals surface area contributed by atoms with Crippen molar-refractivity contribution < 1.29 is 14.7 Å². The van der Waals surface area contributed by atoms with Gasteiger partial charge in [-0.1, -0.05) is 62.2 Å². The number of aliphatic carboxylic acids is 1. The molecule has 2 N–H and O–H groups in total. The fourth-order valence-corrected chi connectivity index (χ4v) is 3.27. The molecule has 2 rings (SSSR count). The monoisotopic (exact) mass is 425 g/mol. The molecule has 0 aliphatic rings. The van der Waals surface area contributed by atoms with Gasteiger partial charge >= 0.3 is 5.97 Å². The van der Waals surface area contributed by atoms with Gasteiger partial charge in [0.05, 0.1) is 0 Å². The molecule has 0 heterocycles. The van der Waals surface area contributed by atoms with E-state index < -0.39 is 17.9 Å². The van der Waals surface area contributed by atoms with Crippen molar-refractivity contribution in [2.45, 2.75) is 12.5 Å². The van der Waals surface area contributed by atoms with Crippen LogP contribution < -0.4 is 5.32 Å². The molecule has 0 spiro atoms. The van der Waals surface area contributed by atoms with Crippen LogP contribution in [0, 0.1) is 0 Å². The predicted octanol–water partition coefficient (Wildman–Crippen LogP) is 3.64. The summed E-state index contributed by atoms with van der Waals surface area (Å²) in [6.45, 7) is 0. The number of hydrogen-bond acceptors (Lipinski definition) is 2. The first-order valence-corrected chi connectivity index (χ1v) is 8.08. The fourth-order valence-electron chi connectivity index (χ4n) is 1.98. The quantitative estimate of drug-likeness (QED) is 0.766. The second kappa shape index (κ2) is 7.56. The third-order valence-corrected chi connectivity index (χ3v) is 3.93. The summed E-state index contributed by atoms with van der Waals surface area (Å²) in [4.78, 5) is 23.6. The Hall–Kier alpha value is -1.66. The summed E-state index contributed by atoms with van der Waals surface area (Å²) in [5.74, 6) is -1.49. The third-order valence-electron chi connectivity index (χ3n) is 3.01. The van der Waals surface area contributed by atoms with Crippen LogP contribution in [-0.4, -0.2) is 23.0 Å². The van der Waals surface area contributed by atoms with Crippen LogP contribution in [0.4, 0.5) is 0 Å². The standard InChI is InChI=1S/C16H13Br2NO3/c17-12-7-11(8-13(18)9-12)15(20)19-14(16(21)22)6-10-4-2-1-3-5-10/h1-5,7-9,14H,6H2,(H,19,20)(H,21,22)/t14-/m0/s1. The lowest BCUT2D eigenvalue weighted by atomic mass is 10.1. The molecule has 0 unspecified atom stereocenters. The maximum Gasteiger partial charge on any atom is 0.326 e. The Morgan fingerprint density at radius 2 is 1.64 bits per heavy atom. The lowest BCUT2D eigenvalue weighted by molar-refractivity contribution is -0.139. The average Bonchev–Trinajstić information content (AvgIpc) is 2.46. The van der Waals surface area contributed by atoms with Gasteiger partial charge in [-0.2, -0.15) is 0 Å². The molecular formula is C16H13Br2NO3. The summed E-state index contributed by atoms with van der Waals surface area (Å²) in [5.41, 5.74) is 1.24. The van der Waals surface area contributed by atoms with Crippen LogP contribution >= 0.6 is 31.9 Å². The largest absolute Gasteiger partial charge is 0.480 e. The zero-order valence-electron chi connectivity index (χ0n) is 11.4. The number of nitrogens with one attached hydrogen (secondary N) is 1. The van der Waals surface area contributed by atoms with E-state index in [-0.39, 0.29) is 6.42 Å². The van der Waals surface area contributed by atoms with Crippen LogP contribution in [0.15, 0.2) is 57.5 Å². The summed E-state index contributed by atoms with van der Waals surface area (Å²) >= 11 is 6.61. The zero-order chi connectivity index (χ0) is 16.1. The molecule has 0 aliphatic heterocycles. The molecule has 1 atom stereocenters. The summed E-state index contributed by atoms with van der Waals surface area (Å²) in [7, 11) is 0. The van der Waals surface area contributed by atoms with Crippen molar-refractivity contribution in [2.75, 3.05) is 0 Å². The van der Waals surface area contributed by atoms with Crippen molar-refractivity contribution >= 4 is 43.7 Å². The molecule has 4 nitrogen and oxygen atoms in total. The summed E-state index contributed by atoms with van der Waals surface area (Å²) in [6, 6.07) is 13.3. The molecule has 0 saturated heterocycles. The molecule has 0 bridgehead atoms. The number of carbonyl (C=O) groups excluding carboxylic acids is 1. The number of carbonyl (C=O) groups is 2. The van der Waals surface area contributed by atoms with E-state index in [2.05, 4.69) is 37.2 Å². The van der Waals surface area contributed by atoms with E-state index in [9.17, 15) is 14.7 Å². The molecule has 1 amide bonds. The maximum absolute atomic E-state index is 12.2. The molecule has 22 heavy (non-hydrogen) atoms. The molecule has 0 fully saturated rings. The van der Waals surface area contributed by atoms with Gasteiger partial charge in [-0.25, -0.2) is 4.79 Å². The van der Waals surface area contributed by atoms with Crippen molar-refractivity contribution in [3.63, 3.8) is 0 Å². The van der Waals surface area contributed by atoms with Gasteiger partial charge in [0.2, 0.25) is 0 Å². The first-order chi connectivity index (χ1) is 10.5. The normalized spacial score (nSPS) is 11.7. The Balaban J connectivity index is 2.13. The number of halogens is 2. The molecule has 0 aliphatic carbocycles. The lowest BCUT2D eigenvalue weighted by Gasteiger charge is -2.15. The zero-order valence-corrected chi connectivity index (χ0v) is 14.6. The van der Waals surface area contributed by atoms with E-state index >= 15 is 0 Å². The van der Waals surface area contributed by atoms with Crippen LogP contribution in [0.5, 0.6) is 0 Å². The van der Waals surface area contributed by atoms with Crippen LogP contribution in [0.25, 0.3) is 0 Å². The molecule has 6 heteroatoms. The van der Waals surface area contributed by atoms with Crippen LogP contribution in [-0.2, 0) is 11.2 Å². The topological polar surface area (TPSA) is 66.4 Å². The van der Waals surface area contributed by atoms with Crippen molar-refractivity contribution in [3.8, 4) is 0 Å². The minimum Gasteiger partial charge on any atom is -0.480 e. The third kappa shape index (κ3) is 4.68. The van der Waals surface area contributed by atoms with Gasteiger partial charge in [-0.05, 0) is 23.8 Å². The van der Waals surface area contributed by atoms with Gasteiger partial charge in [-0.3, -0.25) is 4.79 Å². The summed E-state index contributed by atoms with van der Waals surface area (Å²) in [5, 5.41) is 11.9. The second-order valence-corrected chi connectivity index (χ2v) is 6.54. The number of amides is 1. The van der Waals surface area contributed by atoms with Crippen LogP contribution in [0.1, 0.15) is 15.9 Å². The van der Waals surface area contributed by atoms with E-state index in [4.69, 9.17) is 0 Å². The van der Waals surface area contributed by atoms with E-state index in [1.54, 1.807) is 18.2 Å². The van der Waals surface area contributed by atoms with E-state index in [1.807, 2.05) is 30.3 Å². The van der Waals surface area contributed by atoms with Crippen molar-refractivity contribution in [1.29, 1.82) is 0 Å². The number of rotatable bonds is 5. The molecule has 0 saturated carbocycles. The van der Waals surface area contributed by atoms with Crippen molar-refractivity contribution in [1.82, 2.24) is 5.32 Å². The summed E-state index contributed by atoms with van der Waals surface area (Å²) < 4.78 is 1.48. The Morgan fingerprint density at radius 1 is 1.05 bits per heavy atom. The van der Waals surface area contributed by atoms with Gasteiger partial charge in [0.1, 0.15) is 6.04 Å². The van der Waals surface area contributed by atoms with Crippen molar-refractivity contribution in [3.05, 3.63) is 68.6 Å². The van der Waals surface area contributed by atoms with Crippen LogP contribution in [0.3, 0.4) is 0 Å². The van der Waals surface area contributed by atoms with E-state index in [0.29, 0.717) is 5.56 Å². The predicted molar refractivity (Wildman–Crippen MR) is 90.9 cm³/mol. The smallest absolute Gasteiger partial charge is 0.326 e. The van der Waals surface area contributed by atoms with Gasteiger partial charge in [0.25, 0.3) is 5.91 Å². The fraction of sp³-hybridized carbons (Fsp3) is 0.125. The Kier molecular flexibility index (Phi) is 5.74. The minimum absolute atomic E-state index is 0.233. The number of hydrogen-bond donors (Lipinski definition) is 2. The SMILES string of the molecule is O=C(N[C@@H](Cc1ccccc1)C(=O)O)c1cc(Br)cc(Br)c1. The first kappa shape index (κ1) is 16.7. The van der Waals surface area contributed by atoms with Gasteiger partial charge < -0.3 is 10.4 Å². The Bertz CT molecular complexity index is 669. The van der Waals surface area contributed by atoms with Gasteiger partial charge in [0.15, 0.2) is 0 Å². The highest BCUT2D eigenvalue weighted by atomic mass is 79.9. The molecule has 114 valence electrons. The highest BCUT2D eigenvalue weighted by Crippen LogP contribution is 2.20. The summed E-state index contributed by atoms with van der Waals surface area (Å²) in [6.07, 6.45) is 0.233. The Morgan fingerprint density at radius 3 is 2.18 bits per heavy atom. The molecule has 2 aromatic carbocycles. The number of carboxylic acids is 1. The van der Waals surface area contributed by atoms with E-state index in [0.717, 1.165) is 14.5 Å². The highest BCUT2D eigenvalue weighted by molar-refractivity contribution is 9.11. The Labute approximate surface area is 144 Å². The van der Waals surface area contributed by atoms with Crippen LogP contribution in [0.2, 0.25) is 0 Å². The highest BCUT2D eigenvalue weighted by Gasteiger charge is 2.21. The molecule has 0 radical (unpaired) electrons. The first-order valence-electron chi connectivity index (χ1n) is 6.49. The molecule has 2 aromatic rings. The number of benzene rings is 2. The minimum atomic E-state index is -1.06. The molecule has 0 aromatic heterocycles. The van der Waals surface area contributed by atoms with Crippen molar-refractivity contribution in [2.24, 2.45) is 0 Å². The maximum atomic E-state index is 12.2. The lowest BCUT2D eigenvalue weighted by Crippen LogP contribution is -2.42.